The summed E-state index contributed by atoms with van der Waals surface area (Å²) in [5.41, 5.74) is 0.598. The van der Waals surface area contributed by atoms with Gasteiger partial charge in [-0.15, -0.1) is 0 Å². The Kier molecular flexibility index (Phi) is 4.34. The molecule has 3 aliphatic rings. The lowest BCUT2D eigenvalue weighted by molar-refractivity contribution is -0.138. The van der Waals surface area contributed by atoms with Gasteiger partial charge in [-0.25, -0.2) is 0 Å². The van der Waals surface area contributed by atoms with Gasteiger partial charge >= 0.3 is 0 Å². The Morgan fingerprint density at radius 3 is 2.40 bits per heavy atom. The zero-order valence-corrected chi connectivity index (χ0v) is 13.0. The zero-order valence-electron chi connectivity index (χ0n) is 13.0. The van der Waals surface area contributed by atoms with Gasteiger partial charge in [0.1, 0.15) is 0 Å². The van der Waals surface area contributed by atoms with Gasteiger partial charge in [-0.05, 0) is 56.4 Å². The highest BCUT2D eigenvalue weighted by Gasteiger charge is 2.39. The third kappa shape index (κ3) is 2.88. The van der Waals surface area contributed by atoms with Crippen molar-refractivity contribution in [1.29, 1.82) is 0 Å². The molecule has 1 spiro atoms. The summed E-state index contributed by atoms with van der Waals surface area (Å²) in [5, 5.41) is 3.45. The molecule has 2 saturated heterocycles. The average molecular weight is 278 g/mol. The second-order valence-electron chi connectivity index (χ2n) is 7.44. The number of amides is 1. The monoisotopic (exact) mass is 278 g/mol. The molecule has 114 valence electrons. The number of likely N-dealkylation sites (tertiary alicyclic amines) is 1. The van der Waals surface area contributed by atoms with Crippen molar-refractivity contribution in [2.45, 2.75) is 70.8 Å². The van der Waals surface area contributed by atoms with Crippen molar-refractivity contribution < 1.29 is 4.79 Å². The number of rotatable bonds is 1. The minimum atomic E-state index is 0.0872. The van der Waals surface area contributed by atoms with Crippen molar-refractivity contribution in [2.75, 3.05) is 19.6 Å². The summed E-state index contributed by atoms with van der Waals surface area (Å²) in [5.74, 6) is 0.879. The molecule has 1 saturated carbocycles. The van der Waals surface area contributed by atoms with Gasteiger partial charge in [-0.3, -0.25) is 4.79 Å². The van der Waals surface area contributed by atoms with E-state index in [0.717, 1.165) is 19.6 Å². The van der Waals surface area contributed by atoms with Crippen LogP contribution in [0.3, 0.4) is 0 Å². The fourth-order valence-electron chi connectivity index (χ4n) is 4.58. The molecule has 2 unspecified atom stereocenters. The predicted octanol–water partition coefficient (Wildman–Crippen LogP) is 2.95. The Hall–Kier alpha value is -0.570. The molecule has 2 aliphatic heterocycles. The molecule has 3 rings (SSSR count). The van der Waals surface area contributed by atoms with Gasteiger partial charge in [0.05, 0.1) is 6.04 Å². The maximum atomic E-state index is 12.7. The molecule has 0 aromatic carbocycles. The number of carbonyl (C=O) groups excluding carboxylic acids is 1. The highest BCUT2D eigenvalue weighted by molar-refractivity contribution is 5.82. The fraction of sp³-hybridized carbons (Fsp3) is 0.941. The third-order valence-electron chi connectivity index (χ3n) is 6.09. The van der Waals surface area contributed by atoms with Crippen LogP contribution in [0.15, 0.2) is 0 Å². The first-order valence-electron chi connectivity index (χ1n) is 8.72. The number of nitrogens with one attached hydrogen (secondary N) is 1. The van der Waals surface area contributed by atoms with E-state index in [9.17, 15) is 4.79 Å². The summed E-state index contributed by atoms with van der Waals surface area (Å²) in [6, 6.07) is 0.0872. The van der Waals surface area contributed by atoms with Crippen LogP contribution in [0, 0.1) is 11.3 Å². The normalized spacial score (nSPS) is 34.1. The summed E-state index contributed by atoms with van der Waals surface area (Å²) in [7, 11) is 0. The molecule has 1 N–H and O–H groups in total. The fourth-order valence-corrected chi connectivity index (χ4v) is 4.58. The van der Waals surface area contributed by atoms with Crippen molar-refractivity contribution in [3.05, 3.63) is 0 Å². The second-order valence-corrected chi connectivity index (χ2v) is 7.44. The Labute approximate surface area is 123 Å². The maximum Gasteiger partial charge on any atom is 0.239 e. The molecule has 1 aliphatic carbocycles. The number of piperidine rings is 2. The lowest BCUT2D eigenvalue weighted by Crippen LogP contribution is -2.55. The van der Waals surface area contributed by atoms with E-state index in [0.29, 0.717) is 17.2 Å². The maximum absolute atomic E-state index is 12.7. The first-order valence-corrected chi connectivity index (χ1v) is 8.72. The largest absolute Gasteiger partial charge is 0.341 e. The van der Waals surface area contributed by atoms with Gasteiger partial charge in [0.2, 0.25) is 5.91 Å². The minimum Gasteiger partial charge on any atom is -0.341 e. The second kappa shape index (κ2) is 6.05. The lowest BCUT2D eigenvalue weighted by Gasteiger charge is -2.45. The summed E-state index contributed by atoms with van der Waals surface area (Å²) < 4.78 is 0. The van der Waals surface area contributed by atoms with Gasteiger partial charge in [-0.1, -0.05) is 26.2 Å². The van der Waals surface area contributed by atoms with Gasteiger partial charge < -0.3 is 10.2 Å². The molecule has 3 nitrogen and oxygen atoms in total. The molecule has 0 aromatic rings. The Morgan fingerprint density at radius 2 is 1.75 bits per heavy atom. The van der Waals surface area contributed by atoms with Crippen LogP contribution in [0.5, 0.6) is 0 Å². The van der Waals surface area contributed by atoms with Gasteiger partial charge in [0.15, 0.2) is 0 Å². The van der Waals surface area contributed by atoms with Crippen molar-refractivity contribution >= 4 is 5.91 Å². The topological polar surface area (TPSA) is 32.3 Å². The van der Waals surface area contributed by atoms with E-state index < -0.39 is 0 Å². The summed E-state index contributed by atoms with van der Waals surface area (Å²) in [4.78, 5) is 14.9. The number of hydrogen-bond acceptors (Lipinski definition) is 2. The highest BCUT2D eigenvalue weighted by Crippen LogP contribution is 2.44. The van der Waals surface area contributed by atoms with E-state index in [1.54, 1.807) is 0 Å². The molecule has 3 fully saturated rings. The van der Waals surface area contributed by atoms with Crippen molar-refractivity contribution in [1.82, 2.24) is 10.2 Å². The highest BCUT2D eigenvalue weighted by atomic mass is 16.2. The van der Waals surface area contributed by atoms with Crippen LogP contribution < -0.4 is 5.32 Å². The van der Waals surface area contributed by atoms with Crippen LogP contribution in [0.4, 0.5) is 0 Å². The Bertz CT molecular complexity index is 339. The predicted molar refractivity (Wildman–Crippen MR) is 81.5 cm³/mol. The minimum absolute atomic E-state index is 0.0872. The van der Waals surface area contributed by atoms with E-state index in [1.165, 1.54) is 57.8 Å². The first kappa shape index (κ1) is 14.4. The van der Waals surface area contributed by atoms with Crippen LogP contribution in [0.25, 0.3) is 0 Å². The molecule has 1 amide bonds. The molecule has 0 radical (unpaired) electrons. The molecule has 2 atom stereocenters. The third-order valence-corrected chi connectivity index (χ3v) is 6.09. The van der Waals surface area contributed by atoms with Crippen molar-refractivity contribution in [3.63, 3.8) is 0 Å². The van der Waals surface area contributed by atoms with Crippen LogP contribution in [0.1, 0.15) is 64.7 Å². The molecule has 20 heavy (non-hydrogen) atoms. The molecular weight excluding hydrogens is 248 g/mol. The van der Waals surface area contributed by atoms with E-state index in [2.05, 4.69) is 17.1 Å². The Morgan fingerprint density at radius 1 is 1.05 bits per heavy atom. The van der Waals surface area contributed by atoms with Crippen molar-refractivity contribution in [3.8, 4) is 0 Å². The molecule has 3 heteroatoms. The average Bonchev–Trinajstić information content (AvgIpc) is 2.49. The zero-order chi connectivity index (χ0) is 14.0. The molecule has 0 aromatic heterocycles. The van der Waals surface area contributed by atoms with Crippen LogP contribution in [-0.4, -0.2) is 36.5 Å². The van der Waals surface area contributed by atoms with Crippen LogP contribution in [0.2, 0.25) is 0 Å². The van der Waals surface area contributed by atoms with Crippen LogP contribution >= 0.6 is 0 Å². The smallest absolute Gasteiger partial charge is 0.239 e. The quantitative estimate of drug-likeness (QED) is 0.800. The van der Waals surface area contributed by atoms with Crippen molar-refractivity contribution in [2.24, 2.45) is 11.3 Å². The van der Waals surface area contributed by atoms with Gasteiger partial charge in [-0.2, -0.15) is 0 Å². The molecular formula is C17H30N2O. The Balaban J connectivity index is 1.55. The van der Waals surface area contributed by atoms with E-state index in [1.807, 2.05) is 0 Å². The van der Waals surface area contributed by atoms with Gasteiger partial charge in [0.25, 0.3) is 0 Å². The number of nitrogens with zero attached hydrogens (tertiary/aromatic N) is 1. The van der Waals surface area contributed by atoms with Crippen LogP contribution in [-0.2, 0) is 4.79 Å². The summed E-state index contributed by atoms with van der Waals surface area (Å²) in [6.07, 6.45) is 12.0. The summed E-state index contributed by atoms with van der Waals surface area (Å²) in [6.45, 7) is 5.24. The molecule has 0 bridgehead atoms. The number of carbonyl (C=O) groups is 1. The standard InChI is InChI=1S/C17H30N2O/c1-14-6-5-11-18-15(14)16(20)19-12-9-17(10-13-19)7-3-2-4-8-17/h14-15,18H,2-13H2,1H3. The van der Waals surface area contributed by atoms with Gasteiger partial charge in [0, 0.05) is 13.1 Å². The van der Waals surface area contributed by atoms with E-state index in [-0.39, 0.29) is 6.04 Å². The SMILES string of the molecule is CC1CCCNC1C(=O)N1CCC2(CCCCC2)CC1. The molecule has 2 heterocycles. The first-order chi connectivity index (χ1) is 9.70. The number of hydrogen-bond donors (Lipinski definition) is 1. The summed E-state index contributed by atoms with van der Waals surface area (Å²) >= 11 is 0. The van der Waals surface area contributed by atoms with E-state index >= 15 is 0 Å². The lowest BCUT2D eigenvalue weighted by atomic mass is 9.68. The van der Waals surface area contributed by atoms with E-state index in [4.69, 9.17) is 0 Å².